The second kappa shape index (κ2) is 12.9. The van der Waals surface area contributed by atoms with E-state index in [-0.39, 0.29) is 30.0 Å². The Morgan fingerprint density at radius 2 is 1.65 bits per heavy atom. The van der Waals surface area contributed by atoms with E-state index in [9.17, 15) is 14.0 Å². The van der Waals surface area contributed by atoms with Crippen molar-refractivity contribution in [1.82, 2.24) is 9.80 Å². The second-order valence-corrected chi connectivity index (χ2v) is 8.14. The van der Waals surface area contributed by atoms with E-state index < -0.39 is 0 Å². The van der Waals surface area contributed by atoms with Crippen LogP contribution in [0.25, 0.3) is 0 Å². The first kappa shape index (κ1) is 25.4. The number of piperazine rings is 1. The number of rotatable bonds is 10. The molecule has 0 aliphatic carbocycles. The van der Waals surface area contributed by atoms with Crippen molar-refractivity contribution in [2.45, 2.75) is 51.9 Å². The van der Waals surface area contributed by atoms with Crippen molar-refractivity contribution in [3.63, 3.8) is 0 Å². The maximum atomic E-state index is 13.8. The van der Waals surface area contributed by atoms with Crippen LogP contribution < -0.4 is 9.64 Å². The lowest BCUT2D eigenvalue weighted by Gasteiger charge is -2.36. The zero-order chi connectivity index (χ0) is 21.3. The molecule has 0 radical (unpaired) electrons. The quantitative estimate of drug-likeness (QED) is 0.396. The molecular formula is C23H35ClFN3O3. The Labute approximate surface area is 191 Å². The van der Waals surface area contributed by atoms with E-state index in [0.29, 0.717) is 32.4 Å². The normalized spacial score (nSPS) is 17.6. The lowest BCUT2D eigenvalue weighted by atomic mass is 10.1. The molecule has 0 atom stereocenters. The minimum absolute atomic E-state index is 0. The van der Waals surface area contributed by atoms with E-state index in [4.69, 9.17) is 4.74 Å². The summed E-state index contributed by atoms with van der Waals surface area (Å²) in [4.78, 5) is 29.7. The molecule has 0 spiro atoms. The van der Waals surface area contributed by atoms with Gasteiger partial charge in [-0.3, -0.25) is 19.4 Å². The van der Waals surface area contributed by atoms with Gasteiger partial charge in [0.15, 0.2) is 0 Å². The summed E-state index contributed by atoms with van der Waals surface area (Å²) in [6.45, 7) is 7.84. The molecule has 2 saturated heterocycles. The number of nitrogens with zero attached hydrogens (tertiary/aromatic N) is 3. The third kappa shape index (κ3) is 7.35. The summed E-state index contributed by atoms with van der Waals surface area (Å²) < 4.78 is 19.6. The molecule has 0 aromatic heterocycles. The van der Waals surface area contributed by atoms with Crippen molar-refractivity contribution in [2.24, 2.45) is 0 Å². The molecule has 0 unspecified atom stereocenters. The number of benzene rings is 1. The molecule has 0 saturated carbocycles. The molecule has 1 aromatic carbocycles. The predicted molar refractivity (Wildman–Crippen MR) is 123 cm³/mol. The molecule has 6 nitrogen and oxygen atoms in total. The highest BCUT2D eigenvalue weighted by molar-refractivity contribution is 5.97. The summed E-state index contributed by atoms with van der Waals surface area (Å²) in [7, 11) is 0. The highest BCUT2D eigenvalue weighted by Gasteiger charge is 2.25. The lowest BCUT2D eigenvalue weighted by Crippen LogP contribution is -2.46. The minimum atomic E-state index is -0.234. The van der Waals surface area contributed by atoms with Crippen molar-refractivity contribution < 1.29 is 18.7 Å². The Bertz CT molecular complexity index is 710. The van der Waals surface area contributed by atoms with Crippen molar-refractivity contribution in [3.8, 4) is 5.75 Å². The maximum Gasteiger partial charge on any atom is 0.229 e. The van der Waals surface area contributed by atoms with Gasteiger partial charge in [-0.15, -0.1) is 12.4 Å². The van der Waals surface area contributed by atoms with E-state index in [1.807, 2.05) is 0 Å². The first-order valence-electron chi connectivity index (χ1n) is 11.3. The molecule has 2 heterocycles. The topological polar surface area (TPSA) is 53.1 Å². The van der Waals surface area contributed by atoms with Crippen LogP contribution in [0.2, 0.25) is 0 Å². The first-order chi connectivity index (χ1) is 14.6. The smallest absolute Gasteiger partial charge is 0.229 e. The number of carbonyl (C=O) groups excluding carboxylic acids is 2. The number of hydrogen-bond acceptors (Lipinski definition) is 5. The van der Waals surface area contributed by atoms with Crippen molar-refractivity contribution >= 4 is 29.9 Å². The van der Waals surface area contributed by atoms with Crippen LogP contribution >= 0.6 is 12.4 Å². The average Bonchev–Trinajstić information content (AvgIpc) is 2.75. The predicted octanol–water partition coefficient (Wildman–Crippen LogP) is 3.87. The van der Waals surface area contributed by atoms with E-state index in [2.05, 4.69) is 16.7 Å². The molecule has 0 bridgehead atoms. The van der Waals surface area contributed by atoms with Gasteiger partial charge in [0, 0.05) is 51.6 Å². The van der Waals surface area contributed by atoms with Crippen LogP contribution in [-0.4, -0.2) is 67.5 Å². The number of unbranched alkanes of at least 4 members (excludes halogenated alkanes) is 2. The number of hydrogen-bond donors (Lipinski definition) is 0. The van der Waals surface area contributed by atoms with Crippen LogP contribution in [0.5, 0.6) is 5.75 Å². The average molecular weight is 456 g/mol. The summed E-state index contributed by atoms with van der Waals surface area (Å²) >= 11 is 0. The Balaban J connectivity index is 0.00000341. The number of likely N-dealkylation sites (tertiary alicyclic amines) is 1. The van der Waals surface area contributed by atoms with Crippen LogP contribution in [0.1, 0.15) is 51.9 Å². The van der Waals surface area contributed by atoms with Gasteiger partial charge >= 0.3 is 0 Å². The van der Waals surface area contributed by atoms with Crippen LogP contribution in [-0.2, 0) is 9.59 Å². The van der Waals surface area contributed by atoms with Crippen molar-refractivity contribution in [2.75, 3.05) is 50.8 Å². The van der Waals surface area contributed by atoms with Crippen LogP contribution in [0.4, 0.5) is 10.1 Å². The standard InChI is InChI=1S/C23H34FN3O3.ClH/c1-2-17-30-21-10-9-19(24)18-20(21)26-15-13-25(14-16-26)11-4-3-5-12-27-22(28)7-6-8-23(27)29;/h9-10,18H,2-8,11-17H2,1H3;1H. The van der Waals surface area contributed by atoms with E-state index >= 15 is 0 Å². The number of carbonyl (C=O) groups is 2. The van der Waals surface area contributed by atoms with E-state index in [1.54, 1.807) is 12.1 Å². The molecule has 174 valence electrons. The van der Waals surface area contributed by atoms with Gasteiger partial charge in [-0.05, 0) is 44.4 Å². The van der Waals surface area contributed by atoms with Gasteiger partial charge in [0.05, 0.1) is 12.3 Å². The zero-order valence-electron chi connectivity index (χ0n) is 18.5. The molecule has 0 N–H and O–H groups in total. The minimum Gasteiger partial charge on any atom is -0.491 e. The van der Waals surface area contributed by atoms with Gasteiger partial charge in [-0.1, -0.05) is 13.3 Å². The highest BCUT2D eigenvalue weighted by Crippen LogP contribution is 2.30. The van der Waals surface area contributed by atoms with Crippen molar-refractivity contribution in [1.29, 1.82) is 0 Å². The molecule has 2 aliphatic rings. The van der Waals surface area contributed by atoms with Gasteiger partial charge < -0.3 is 9.64 Å². The summed E-state index contributed by atoms with van der Waals surface area (Å²) in [5, 5.41) is 0. The van der Waals surface area contributed by atoms with Gasteiger partial charge in [-0.2, -0.15) is 0 Å². The largest absolute Gasteiger partial charge is 0.491 e. The van der Waals surface area contributed by atoms with Crippen molar-refractivity contribution in [3.05, 3.63) is 24.0 Å². The van der Waals surface area contributed by atoms with Gasteiger partial charge in [0.25, 0.3) is 0 Å². The van der Waals surface area contributed by atoms with Gasteiger partial charge in [0.1, 0.15) is 11.6 Å². The number of anilines is 1. The van der Waals surface area contributed by atoms with Crippen LogP contribution in [0, 0.1) is 5.82 Å². The summed E-state index contributed by atoms with van der Waals surface area (Å²) in [6.07, 6.45) is 5.57. The Morgan fingerprint density at radius 3 is 2.32 bits per heavy atom. The summed E-state index contributed by atoms with van der Waals surface area (Å²) in [5.74, 6) is 0.500. The molecule has 1 aromatic rings. The Kier molecular flexibility index (Phi) is 10.5. The van der Waals surface area contributed by atoms with Crippen LogP contribution in [0.3, 0.4) is 0 Å². The SMILES string of the molecule is CCCOc1ccc(F)cc1N1CCN(CCCCCN2C(=O)CCCC2=O)CC1.Cl. The summed E-state index contributed by atoms with van der Waals surface area (Å²) in [6, 6.07) is 4.75. The number of imide groups is 1. The van der Waals surface area contributed by atoms with Gasteiger partial charge in [-0.25, -0.2) is 4.39 Å². The molecule has 3 rings (SSSR count). The fourth-order valence-corrected chi connectivity index (χ4v) is 4.12. The Morgan fingerprint density at radius 1 is 0.968 bits per heavy atom. The fourth-order valence-electron chi connectivity index (χ4n) is 4.12. The lowest BCUT2D eigenvalue weighted by molar-refractivity contribution is -0.148. The Hall–Kier alpha value is -1.86. The molecule has 31 heavy (non-hydrogen) atoms. The first-order valence-corrected chi connectivity index (χ1v) is 11.3. The van der Waals surface area contributed by atoms with E-state index in [1.165, 1.54) is 11.0 Å². The third-order valence-corrected chi connectivity index (χ3v) is 5.84. The van der Waals surface area contributed by atoms with Crippen LogP contribution in [0.15, 0.2) is 18.2 Å². The highest BCUT2D eigenvalue weighted by atomic mass is 35.5. The van der Waals surface area contributed by atoms with E-state index in [0.717, 1.165) is 69.8 Å². The molecular weight excluding hydrogens is 421 g/mol. The summed E-state index contributed by atoms with van der Waals surface area (Å²) in [5.41, 5.74) is 0.846. The second-order valence-electron chi connectivity index (χ2n) is 8.14. The number of piperidine rings is 1. The molecule has 2 fully saturated rings. The number of ether oxygens (including phenoxy) is 1. The molecule has 2 amide bonds. The third-order valence-electron chi connectivity index (χ3n) is 5.84. The molecule has 2 aliphatic heterocycles. The molecule has 8 heteroatoms. The fraction of sp³-hybridized carbons (Fsp3) is 0.652. The monoisotopic (exact) mass is 455 g/mol. The number of amides is 2. The zero-order valence-corrected chi connectivity index (χ0v) is 19.3. The van der Waals surface area contributed by atoms with Gasteiger partial charge in [0.2, 0.25) is 11.8 Å². The number of halogens is 2. The maximum absolute atomic E-state index is 13.8.